The molecule has 0 aromatic heterocycles. The van der Waals surface area contributed by atoms with E-state index in [2.05, 4.69) is 5.32 Å². The van der Waals surface area contributed by atoms with E-state index >= 15 is 0 Å². The summed E-state index contributed by atoms with van der Waals surface area (Å²) in [5.41, 5.74) is 6.80. The number of carbonyl (C=O) groups is 1. The van der Waals surface area contributed by atoms with Crippen molar-refractivity contribution in [1.29, 1.82) is 0 Å². The Morgan fingerprint density at radius 3 is 2.65 bits per heavy atom. The summed E-state index contributed by atoms with van der Waals surface area (Å²) >= 11 is 0. The Kier molecular flexibility index (Phi) is 5.66. The van der Waals surface area contributed by atoms with Crippen molar-refractivity contribution in [2.24, 2.45) is 5.73 Å². The Hall–Kier alpha value is -1.39. The monoisotopic (exact) mass is 235 g/mol. The molecule has 1 aromatic carbocycles. The van der Waals surface area contributed by atoms with Crippen molar-refractivity contribution < 1.29 is 4.79 Å². The fourth-order valence-corrected chi connectivity index (χ4v) is 1.64. The third kappa shape index (κ3) is 4.17. The molecule has 0 spiro atoms. The second-order valence-electron chi connectivity index (χ2n) is 4.11. The summed E-state index contributed by atoms with van der Waals surface area (Å²) in [4.78, 5) is 13.7. The lowest BCUT2D eigenvalue weighted by Crippen LogP contribution is -2.37. The summed E-state index contributed by atoms with van der Waals surface area (Å²) in [7, 11) is 3.69. The van der Waals surface area contributed by atoms with Crippen LogP contribution in [-0.2, 0) is 4.79 Å². The van der Waals surface area contributed by atoms with Gasteiger partial charge in [0.1, 0.15) is 6.04 Å². The van der Waals surface area contributed by atoms with Crippen LogP contribution in [0.15, 0.2) is 30.3 Å². The van der Waals surface area contributed by atoms with Crippen LogP contribution >= 0.6 is 0 Å². The number of hydrogen-bond donors (Lipinski definition) is 2. The van der Waals surface area contributed by atoms with Crippen molar-refractivity contribution in [2.45, 2.75) is 12.5 Å². The maximum Gasteiger partial charge on any atom is 0.243 e. The molecule has 0 bridgehead atoms. The van der Waals surface area contributed by atoms with Crippen molar-refractivity contribution in [2.75, 3.05) is 27.2 Å². The van der Waals surface area contributed by atoms with Crippen molar-refractivity contribution in [1.82, 2.24) is 10.2 Å². The number of rotatable bonds is 6. The summed E-state index contributed by atoms with van der Waals surface area (Å²) in [5, 5.41) is 3.05. The lowest BCUT2D eigenvalue weighted by molar-refractivity contribution is -0.131. The van der Waals surface area contributed by atoms with Gasteiger partial charge in [0.25, 0.3) is 0 Å². The molecule has 0 aliphatic rings. The van der Waals surface area contributed by atoms with Gasteiger partial charge in [-0.3, -0.25) is 4.79 Å². The summed E-state index contributed by atoms with van der Waals surface area (Å²) in [6.45, 7) is 1.62. The fraction of sp³-hybridized carbons (Fsp3) is 0.462. The van der Waals surface area contributed by atoms with Gasteiger partial charge in [-0.25, -0.2) is 0 Å². The number of nitrogens with zero attached hydrogens (tertiary/aromatic N) is 1. The molecule has 4 nitrogen and oxygen atoms in total. The molecule has 0 unspecified atom stereocenters. The smallest absolute Gasteiger partial charge is 0.243 e. The minimum absolute atomic E-state index is 0.0349. The Balaban J connectivity index is 2.51. The first-order valence-electron chi connectivity index (χ1n) is 5.87. The van der Waals surface area contributed by atoms with Gasteiger partial charge in [0.2, 0.25) is 5.91 Å². The molecule has 1 amide bonds. The van der Waals surface area contributed by atoms with Gasteiger partial charge in [-0.1, -0.05) is 30.3 Å². The predicted molar refractivity (Wildman–Crippen MR) is 69.6 cm³/mol. The molecule has 0 radical (unpaired) electrons. The Morgan fingerprint density at radius 1 is 1.41 bits per heavy atom. The Morgan fingerprint density at radius 2 is 2.06 bits per heavy atom. The molecule has 0 aliphatic heterocycles. The largest absolute Gasteiger partial charge is 0.344 e. The number of nitrogens with two attached hydrogens (primary N) is 1. The van der Waals surface area contributed by atoms with Crippen molar-refractivity contribution in [3.63, 3.8) is 0 Å². The van der Waals surface area contributed by atoms with Gasteiger partial charge < -0.3 is 16.0 Å². The number of benzene rings is 1. The molecule has 0 saturated carbocycles. The van der Waals surface area contributed by atoms with Crippen molar-refractivity contribution >= 4 is 5.91 Å². The molecule has 4 heteroatoms. The Labute approximate surface area is 103 Å². The van der Waals surface area contributed by atoms with Gasteiger partial charge in [0.05, 0.1) is 0 Å². The van der Waals surface area contributed by atoms with Crippen LogP contribution in [0.3, 0.4) is 0 Å². The van der Waals surface area contributed by atoms with Gasteiger partial charge in [0, 0.05) is 13.6 Å². The first kappa shape index (κ1) is 13.7. The van der Waals surface area contributed by atoms with Gasteiger partial charge in [-0.05, 0) is 25.6 Å². The van der Waals surface area contributed by atoms with Crippen LogP contribution in [0.4, 0.5) is 0 Å². The maximum atomic E-state index is 12.0. The van der Waals surface area contributed by atoms with E-state index in [0.29, 0.717) is 0 Å². The molecule has 0 heterocycles. The van der Waals surface area contributed by atoms with E-state index in [0.717, 1.165) is 25.1 Å². The number of nitrogens with one attached hydrogen (secondary N) is 1. The number of likely N-dealkylation sites (N-methyl/N-ethyl adjacent to an activating group) is 1. The number of amides is 1. The molecule has 1 rings (SSSR count). The van der Waals surface area contributed by atoms with E-state index in [1.165, 1.54) is 0 Å². The van der Waals surface area contributed by atoms with Gasteiger partial charge in [-0.15, -0.1) is 0 Å². The van der Waals surface area contributed by atoms with Crippen LogP contribution in [-0.4, -0.2) is 38.0 Å². The molecule has 0 saturated heterocycles. The van der Waals surface area contributed by atoms with Crippen LogP contribution in [0.1, 0.15) is 18.0 Å². The molecule has 0 aliphatic carbocycles. The topological polar surface area (TPSA) is 58.4 Å². The molecule has 1 atom stereocenters. The van der Waals surface area contributed by atoms with E-state index in [9.17, 15) is 4.79 Å². The third-order valence-corrected chi connectivity index (χ3v) is 2.72. The van der Waals surface area contributed by atoms with E-state index in [4.69, 9.17) is 5.73 Å². The highest BCUT2D eigenvalue weighted by atomic mass is 16.2. The standard InChI is InChI=1S/C13H21N3O/c1-15-9-6-10-16(2)13(17)12(14)11-7-4-3-5-8-11/h3-5,7-8,12,15H,6,9-10,14H2,1-2H3/t12-/m0/s1. The van der Waals surface area contributed by atoms with E-state index < -0.39 is 6.04 Å². The van der Waals surface area contributed by atoms with Gasteiger partial charge >= 0.3 is 0 Å². The highest BCUT2D eigenvalue weighted by Gasteiger charge is 2.18. The fourth-order valence-electron chi connectivity index (χ4n) is 1.64. The van der Waals surface area contributed by atoms with Crippen LogP contribution in [0.2, 0.25) is 0 Å². The summed E-state index contributed by atoms with van der Waals surface area (Å²) in [6.07, 6.45) is 0.931. The lowest BCUT2D eigenvalue weighted by atomic mass is 10.1. The molecule has 1 aromatic rings. The van der Waals surface area contributed by atoms with Crippen LogP contribution in [0.5, 0.6) is 0 Å². The lowest BCUT2D eigenvalue weighted by Gasteiger charge is -2.21. The zero-order valence-electron chi connectivity index (χ0n) is 10.5. The molecule has 0 fully saturated rings. The molecular weight excluding hydrogens is 214 g/mol. The zero-order valence-corrected chi connectivity index (χ0v) is 10.5. The number of hydrogen-bond acceptors (Lipinski definition) is 3. The van der Waals surface area contributed by atoms with Crippen LogP contribution in [0, 0.1) is 0 Å². The van der Waals surface area contributed by atoms with Crippen LogP contribution < -0.4 is 11.1 Å². The SMILES string of the molecule is CNCCCN(C)C(=O)[C@@H](N)c1ccccc1. The Bertz CT molecular complexity index is 340. The molecule has 94 valence electrons. The highest BCUT2D eigenvalue weighted by Crippen LogP contribution is 2.11. The molecule has 17 heavy (non-hydrogen) atoms. The predicted octanol–water partition coefficient (Wildman–Crippen LogP) is 0.754. The second kappa shape index (κ2) is 7.04. The molecular formula is C13H21N3O. The average Bonchev–Trinajstić information content (AvgIpc) is 2.38. The second-order valence-corrected chi connectivity index (χ2v) is 4.11. The average molecular weight is 235 g/mol. The molecule has 3 N–H and O–H groups in total. The first-order valence-corrected chi connectivity index (χ1v) is 5.87. The zero-order chi connectivity index (χ0) is 12.7. The van der Waals surface area contributed by atoms with E-state index in [-0.39, 0.29) is 5.91 Å². The highest BCUT2D eigenvalue weighted by molar-refractivity contribution is 5.82. The maximum absolute atomic E-state index is 12.0. The summed E-state index contributed by atoms with van der Waals surface area (Å²) in [5.74, 6) is -0.0349. The van der Waals surface area contributed by atoms with E-state index in [1.54, 1.807) is 11.9 Å². The van der Waals surface area contributed by atoms with Crippen molar-refractivity contribution in [3.8, 4) is 0 Å². The summed E-state index contributed by atoms with van der Waals surface area (Å²) in [6, 6.07) is 8.90. The number of carbonyl (C=O) groups excluding carboxylic acids is 1. The quantitative estimate of drug-likeness (QED) is 0.716. The minimum atomic E-state index is -0.559. The van der Waals surface area contributed by atoms with Gasteiger partial charge in [0.15, 0.2) is 0 Å². The first-order chi connectivity index (χ1) is 8.16. The van der Waals surface area contributed by atoms with Crippen LogP contribution in [0.25, 0.3) is 0 Å². The van der Waals surface area contributed by atoms with Crippen molar-refractivity contribution in [3.05, 3.63) is 35.9 Å². The minimum Gasteiger partial charge on any atom is -0.344 e. The van der Waals surface area contributed by atoms with E-state index in [1.807, 2.05) is 37.4 Å². The summed E-state index contributed by atoms with van der Waals surface area (Å²) < 4.78 is 0. The van der Waals surface area contributed by atoms with Gasteiger partial charge in [-0.2, -0.15) is 0 Å². The normalized spacial score (nSPS) is 12.2. The third-order valence-electron chi connectivity index (χ3n) is 2.72.